The summed E-state index contributed by atoms with van der Waals surface area (Å²) in [5.41, 5.74) is 1.46. The van der Waals surface area contributed by atoms with E-state index in [1.807, 2.05) is 6.07 Å². The summed E-state index contributed by atoms with van der Waals surface area (Å²) < 4.78 is 15.7. The summed E-state index contributed by atoms with van der Waals surface area (Å²) in [5.74, 6) is 0.654. The number of hydrogen-bond donors (Lipinski definition) is 0. The number of esters is 1. The number of carbonyl (C=O) groups excluding carboxylic acids is 2. The summed E-state index contributed by atoms with van der Waals surface area (Å²) >= 11 is 0. The number of hydrogen-bond acceptors (Lipinski definition) is 5. The number of nitrogens with zero attached hydrogens (tertiary/aromatic N) is 1. The molecule has 0 unspecified atom stereocenters. The van der Waals surface area contributed by atoms with Gasteiger partial charge in [-0.25, -0.2) is 4.79 Å². The lowest BCUT2D eigenvalue weighted by molar-refractivity contribution is -0.149. The zero-order valence-corrected chi connectivity index (χ0v) is 15.5. The molecule has 6 nitrogen and oxygen atoms in total. The van der Waals surface area contributed by atoms with Gasteiger partial charge in [-0.1, -0.05) is 19.8 Å². The lowest BCUT2D eigenvalue weighted by Crippen LogP contribution is -2.55. The van der Waals surface area contributed by atoms with Crippen LogP contribution in [0.3, 0.4) is 0 Å². The third kappa shape index (κ3) is 4.06. The van der Waals surface area contributed by atoms with E-state index in [0.29, 0.717) is 30.0 Å². The normalized spacial score (nSPS) is 16.2. The number of unbranched alkanes of at least 4 members (excludes halogenated alkanes) is 2. The van der Waals surface area contributed by atoms with Crippen molar-refractivity contribution in [3.05, 3.63) is 23.3 Å². The van der Waals surface area contributed by atoms with E-state index in [2.05, 4.69) is 6.92 Å². The zero-order chi connectivity index (χ0) is 18.4. The summed E-state index contributed by atoms with van der Waals surface area (Å²) in [7, 11) is 4.50. The Bertz CT molecular complexity index is 628. The predicted octanol–water partition coefficient (Wildman–Crippen LogP) is 2.82. The Hall–Kier alpha value is -2.24. The number of rotatable bonds is 8. The summed E-state index contributed by atoms with van der Waals surface area (Å²) in [6, 6.07) is 3.04. The maximum Gasteiger partial charge on any atom is 0.328 e. The van der Waals surface area contributed by atoms with E-state index in [-0.39, 0.29) is 11.9 Å². The number of benzene rings is 1. The molecule has 1 heterocycles. The van der Waals surface area contributed by atoms with E-state index in [0.717, 1.165) is 31.2 Å². The van der Waals surface area contributed by atoms with Crippen LogP contribution in [0.5, 0.6) is 11.5 Å². The first-order valence-corrected chi connectivity index (χ1v) is 8.71. The van der Waals surface area contributed by atoms with E-state index >= 15 is 0 Å². The standard InChI is InChI=1S/C19H27NO5/c1-5-6-7-8-13-11-14(12-16(23-2)17(13)24-3)18(21)20-10-9-15(20)19(22)25-4/h11-12,15H,5-10H2,1-4H3/t15-/m1/s1. The molecule has 0 saturated carbocycles. The van der Waals surface area contributed by atoms with Crippen LogP contribution in [-0.2, 0) is 16.0 Å². The highest BCUT2D eigenvalue weighted by Gasteiger charge is 2.39. The third-order valence-electron chi connectivity index (χ3n) is 4.61. The monoisotopic (exact) mass is 349 g/mol. The highest BCUT2D eigenvalue weighted by Crippen LogP contribution is 2.35. The van der Waals surface area contributed by atoms with E-state index in [4.69, 9.17) is 14.2 Å². The SMILES string of the molecule is CCCCCc1cc(C(=O)N2CC[C@@H]2C(=O)OC)cc(OC)c1OC. The Morgan fingerprint density at radius 3 is 2.44 bits per heavy atom. The molecule has 2 rings (SSSR count). The van der Waals surface area contributed by atoms with Gasteiger partial charge in [-0.3, -0.25) is 4.79 Å². The van der Waals surface area contributed by atoms with Gasteiger partial charge < -0.3 is 19.1 Å². The van der Waals surface area contributed by atoms with Gasteiger partial charge in [0.05, 0.1) is 21.3 Å². The van der Waals surface area contributed by atoms with Crippen LogP contribution in [0.25, 0.3) is 0 Å². The first kappa shape index (κ1) is 19.1. The minimum absolute atomic E-state index is 0.181. The fourth-order valence-electron chi connectivity index (χ4n) is 3.10. The second-order valence-electron chi connectivity index (χ2n) is 6.15. The topological polar surface area (TPSA) is 65.1 Å². The van der Waals surface area contributed by atoms with E-state index in [1.54, 1.807) is 25.2 Å². The molecule has 1 fully saturated rings. The van der Waals surface area contributed by atoms with Crippen molar-refractivity contribution in [2.24, 2.45) is 0 Å². The van der Waals surface area contributed by atoms with Gasteiger partial charge >= 0.3 is 5.97 Å². The molecule has 1 amide bonds. The average Bonchev–Trinajstić information content (AvgIpc) is 2.59. The van der Waals surface area contributed by atoms with Crippen molar-refractivity contribution in [3.8, 4) is 11.5 Å². The van der Waals surface area contributed by atoms with Gasteiger partial charge in [0.25, 0.3) is 5.91 Å². The molecule has 1 aromatic rings. The summed E-state index contributed by atoms with van der Waals surface area (Å²) in [4.78, 5) is 26.1. The summed E-state index contributed by atoms with van der Waals surface area (Å²) in [6.45, 7) is 2.70. The van der Waals surface area contributed by atoms with Crippen LogP contribution in [-0.4, -0.2) is 50.7 Å². The molecule has 6 heteroatoms. The molecule has 0 aliphatic carbocycles. The number of methoxy groups -OCH3 is 3. The molecule has 0 bridgehead atoms. The Labute approximate surface area is 149 Å². The first-order valence-electron chi connectivity index (χ1n) is 8.71. The Balaban J connectivity index is 2.29. The number of ether oxygens (including phenoxy) is 3. The van der Waals surface area contributed by atoms with Crippen LogP contribution in [0.4, 0.5) is 0 Å². The Kier molecular flexibility index (Phi) is 6.67. The second kappa shape index (κ2) is 8.74. The number of likely N-dealkylation sites (tertiary alicyclic amines) is 1. The molecule has 25 heavy (non-hydrogen) atoms. The Morgan fingerprint density at radius 2 is 1.92 bits per heavy atom. The van der Waals surface area contributed by atoms with Gasteiger partial charge in [-0.15, -0.1) is 0 Å². The van der Waals surface area contributed by atoms with E-state index < -0.39 is 6.04 Å². The summed E-state index contributed by atoms with van der Waals surface area (Å²) in [6.07, 6.45) is 4.69. The Morgan fingerprint density at radius 1 is 1.16 bits per heavy atom. The molecule has 0 N–H and O–H groups in total. The summed E-state index contributed by atoms with van der Waals surface area (Å²) in [5, 5.41) is 0. The molecule has 138 valence electrons. The van der Waals surface area contributed by atoms with Crippen molar-refractivity contribution in [1.29, 1.82) is 0 Å². The smallest absolute Gasteiger partial charge is 0.328 e. The first-order chi connectivity index (χ1) is 12.1. The van der Waals surface area contributed by atoms with Crippen LogP contribution < -0.4 is 9.47 Å². The number of amides is 1. The van der Waals surface area contributed by atoms with Crippen LogP contribution in [0, 0.1) is 0 Å². The van der Waals surface area contributed by atoms with Gasteiger partial charge in [0, 0.05) is 12.1 Å². The molecular weight excluding hydrogens is 322 g/mol. The highest BCUT2D eigenvalue weighted by atomic mass is 16.5. The van der Waals surface area contributed by atoms with Crippen LogP contribution in [0.1, 0.15) is 48.5 Å². The third-order valence-corrected chi connectivity index (χ3v) is 4.61. The second-order valence-corrected chi connectivity index (χ2v) is 6.15. The molecule has 0 radical (unpaired) electrons. The van der Waals surface area contributed by atoms with Crippen molar-refractivity contribution in [2.75, 3.05) is 27.9 Å². The molecule has 1 saturated heterocycles. The van der Waals surface area contributed by atoms with Crippen molar-refractivity contribution in [1.82, 2.24) is 4.90 Å². The molecule has 1 aliphatic heterocycles. The minimum Gasteiger partial charge on any atom is -0.493 e. The van der Waals surface area contributed by atoms with E-state index in [1.165, 1.54) is 7.11 Å². The van der Waals surface area contributed by atoms with Crippen LogP contribution >= 0.6 is 0 Å². The van der Waals surface area contributed by atoms with E-state index in [9.17, 15) is 9.59 Å². The molecule has 1 atom stereocenters. The van der Waals surface area contributed by atoms with Crippen molar-refractivity contribution in [3.63, 3.8) is 0 Å². The zero-order valence-electron chi connectivity index (χ0n) is 15.5. The van der Waals surface area contributed by atoms with Gasteiger partial charge in [-0.05, 0) is 37.0 Å². The van der Waals surface area contributed by atoms with Gasteiger partial charge in [0.1, 0.15) is 6.04 Å². The van der Waals surface area contributed by atoms with Crippen molar-refractivity contribution < 1.29 is 23.8 Å². The fraction of sp³-hybridized carbons (Fsp3) is 0.579. The molecule has 1 aromatic carbocycles. The van der Waals surface area contributed by atoms with Crippen LogP contribution in [0.2, 0.25) is 0 Å². The number of aryl methyl sites for hydroxylation is 1. The molecular formula is C19H27NO5. The molecule has 0 aromatic heterocycles. The highest BCUT2D eigenvalue weighted by molar-refractivity contribution is 5.98. The molecule has 0 spiro atoms. The van der Waals surface area contributed by atoms with Gasteiger partial charge in [-0.2, -0.15) is 0 Å². The van der Waals surface area contributed by atoms with Crippen molar-refractivity contribution >= 4 is 11.9 Å². The fourth-order valence-corrected chi connectivity index (χ4v) is 3.10. The van der Waals surface area contributed by atoms with Crippen molar-refractivity contribution in [2.45, 2.75) is 45.1 Å². The number of carbonyl (C=O) groups is 2. The predicted molar refractivity (Wildman–Crippen MR) is 94.2 cm³/mol. The quantitative estimate of drug-likeness (QED) is 0.533. The largest absolute Gasteiger partial charge is 0.493 e. The maximum atomic E-state index is 12.8. The average molecular weight is 349 g/mol. The molecule has 1 aliphatic rings. The van der Waals surface area contributed by atoms with Gasteiger partial charge in [0.15, 0.2) is 11.5 Å². The van der Waals surface area contributed by atoms with Crippen LogP contribution in [0.15, 0.2) is 12.1 Å². The lowest BCUT2D eigenvalue weighted by Gasteiger charge is -2.38. The maximum absolute atomic E-state index is 12.8. The van der Waals surface area contributed by atoms with Gasteiger partial charge in [0.2, 0.25) is 0 Å². The minimum atomic E-state index is -0.492. The lowest BCUT2D eigenvalue weighted by atomic mass is 9.98.